The zero-order valence-electron chi connectivity index (χ0n) is 7.44. The molecule has 0 N–H and O–H groups in total. The van der Waals surface area contributed by atoms with Gasteiger partial charge in [0.25, 0.3) is 0 Å². The van der Waals surface area contributed by atoms with Crippen LogP contribution in [0.15, 0.2) is 11.1 Å². The minimum absolute atomic E-state index is 0.252. The minimum atomic E-state index is 0.252. The number of rotatable bonds is 1. The molecular formula is C10H16O. The fourth-order valence-electron chi connectivity index (χ4n) is 1.60. The number of hydrogen-bond acceptors (Lipinski definition) is 1. The Morgan fingerprint density at radius 3 is 2.09 bits per heavy atom. The molecule has 11 heavy (non-hydrogen) atoms. The molecule has 0 amide bonds. The highest BCUT2D eigenvalue weighted by molar-refractivity contribution is 5.93. The van der Waals surface area contributed by atoms with Crippen LogP contribution in [0.25, 0.3) is 0 Å². The largest absolute Gasteiger partial charge is 0.295 e. The quantitative estimate of drug-likeness (QED) is 0.528. The van der Waals surface area contributed by atoms with E-state index in [0.717, 1.165) is 18.4 Å². The molecule has 1 nitrogen and oxygen atoms in total. The van der Waals surface area contributed by atoms with Gasteiger partial charge in [0.05, 0.1) is 0 Å². The maximum atomic E-state index is 11.0. The predicted octanol–water partition coefficient (Wildman–Crippen LogP) is 2.86. The van der Waals surface area contributed by atoms with Gasteiger partial charge in [-0.15, -0.1) is 0 Å². The monoisotopic (exact) mass is 152 g/mol. The second kappa shape index (κ2) is 3.70. The molecule has 1 saturated carbocycles. The van der Waals surface area contributed by atoms with Crippen molar-refractivity contribution in [2.75, 3.05) is 0 Å². The van der Waals surface area contributed by atoms with E-state index in [-0.39, 0.29) is 5.78 Å². The van der Waals surface area contributed by atoms with E-state index in [1.165, 1.54) is 24.8 Å². The summed E-state index contributed by atoms with van der Waals surface area (Å²) >= 11 is 0. The average Bonchev–Trinajstić information content (AvgIpc) is 2.05. The van der Waals surface area contributed by atoms with E-state index in [1.54, 1.807) is 6.92 Å². The number of allylic oxidation sites excluding steroid dienone is 2. The molecule has 0 heterocycles. The van der Waals surface area contributed by atoms with Gasteiger partial charge in [0.1, 0.15) is 0 Å². The van der Waals surface area contributed by atoms with E-state index in [9.17, 15) is 4.79 Å². The molecular weight excluding hydrogens is 136 g/mol. The maximum Gasteiger partial charge on any atom is 0.155 e. The Morgan fingerprint density at radius 1 is 1.09 bits per heavy atom. The Balaban J connectivity index is 2.68. The Labute approximate surface area is 68.5 Å². The Kier molecular flexibility index (Phi) is 2.86. The molecule has 1 rings (SSSR count). The lowest BCUT2D eigenvalue weighted by atomic mass is 9.90. The molecule has 0 bridgehead atoms. The standard InChI is InChI=1S/C10H16O/c1-8(9(2)11)10-6-4-3-5-7-10/h3-7H2,1-2H3. The number of Topliss-reactive ketones (excluding diaryl/α,β-unsaturated/α-hetero) is 1. The topological polar surface area (TPSA) is 17.1 Å². The highest BCUT2D eigenvalue weighted by atomic mass is 16.1. The highest BCUT2D eigenvalue weighted by Gasteiger charge is 2.10. The summed E-state index contributed by atoms with van der Waals surface area (Å²) in [5.74, 6) is 0.252. The number of carbonyl (C=O) groups excluding carboxylic acids is 1. The number of carbonyl (C=O) groups is 1. The lowest BCUT2D eigenvalue weighted by Gasteiger charge is -2.15. The van der Waals surface area contributed by atoms with Gasteiger partial charge in [-0.05, 0) is 45.1 Å². The van der Waals surface area contributed by atoms with Gasteiger partial charge in [-0.1, -0.05) is 12.0 Å². The molecule has 1 heteroatoms. The first kappa shape index (κ1) is 8.51. The summed E-state index contributed by atoms with van der Waals surface area (Å²) in [7, 11) is 0. The van der Waals surface area contributed by atoms with Crippen LogP contribution in [0.4, 0.5) is 0 Å². The molecule has 0 aromatic carbocycles. The first-order valence-electron chi connectivity index (χ1n) is 4.41. The van der Waals surface area contributed by atoms with Gasteiger partial charge in [-0.3, -0.25) is 4.79 Å². The number of ketones is 1. The third-order valence-electron chi connectivity index (χ3n) is 2.52. The number of hydrogen-bond donors (Lipinski definition) is 0. The summed E-state index contributed by atoms with van der Waals surface area (Å²) < 4.78 is 0. The van der Waals surface area contributed by atoms with Crippen molar-refractivity contribution >= 4 is 5.78 Å². The maximum absolute atomic E-state index is 11.0. The minimum Gasteiger partial charge on any atom is -0.295 e. The van der Waals surface area contributed by atoms with Crippen LogP contribution in [0.5, 0.6) is 0 Å². The van der Waals surface area contributed by atoms with Crippen LogP contribution in [-0.2, 0) is 4.79 Å². The van der Waals surface area contributed by atoms with Gasteiger partial charge in [0, 0.05) is 0 Å². The van der Waals surface area contributed by atoms with E-state index < -0.39 is 0 Å². The lowest BCUT2D eigenvalue weighted by molar-refractivity contribution is -0.113. The molecule has 0 aromatic heterocycles. The van der Waals surface area contributed by atoms with Crippen LogP contribution in [0.3, 0.4) is 0 Å². The van der Waals surface area contributed by atoms with E-state index in [2.05, 4.69) is 0 Å². The summed E-state index contributed by atoms with van der Waals surface area (Å²) in [6.45, 7) is 3.62. The fraction of sp³-hybridized carbons (Fsp3) is 0.700. The fourth-order valence-corrected chi connectivity index (χ4v) is 1.60. The highest BCUT2D eigenvalue weighted by Crippen LogP contribution is 2.25. The third kappa shape index (κ3) is 2.18. The molecule has 62 valence electrons. The van der Waals surface area contributed by atoms with E-state index in [0.29, 0.717) is 0 Å². The van der Waals surface area contributed by atoms with Crippen molar-refractivity contribution in [2.45, 2.75) is 46.0 Å². The Bertz CT molecular complexity index is 181. The van der Waals surface area contributed by atoms with Gasteiger partial charge < -0.3 is 0 Å². The van der Waals surface area contributed by atoms with Gasteiger partial charge in [0.15, 0.2) is 5.78 Å². The van der Waals surface area contributed by atoms with Crippen molar-refractivity contribution in [1.29, 1.82) is 0 Å². The molecule has 0 aromatic rings. The van der Waals surface area contributed by atoms with Gasteiger partial charge in [-0.25, -0.2) is 0 Å². The van der Waals surface area contributed by atoms with Crippen molar-refractivity contribution in [2.24, 2.45) is 0 Å². The van der Waals surface area contributed by atoms with Crippen LogP contribution in [0.2, 0.25) is 0 Å². The van der Waals surface area contributed by atoms with Crippen molar-refractivity contribution in [1.82, 2.24) is 0 Å². The molecule has 0 saturated heterocycles. The smallest absolute Gasteiger partial charge is 0.155 e. The summed E-state index contributed by atoms with van der Waals surface area (Å²) in [5, 5.41) is 0. The van der Waals surface area contributed by atoms with Crippen LogP contribution in [0.1, 0.15) is 46.0 Å². The van der Waals surface area contributed by atoms with Crippen molar-refractivity contribution in [3.63, 3.8) is 0 Å². The second-order valence-electron chi connectivity index (χ2n) is 3.35. The molecule has 0 spiro atoms. The zero-order chi connectivity index (χ0) is 8.27. The molecule has 0 radical (unpaired) electrons. The first-order valence-corrected chi connectivity index (χ1v) is 4.41. The molecule has 0 unspecified atom stereocenters. The van der Waals surface area contributed by atoms with Crippen molar-refractivity contribution in [3.05, 3.63) is 11.1 Å². The van der Waals surface area contributed by atoms with E-state index >= 15 is 0 Å². The van der Waals surface area contributed by atoms with Crippen molar-refractivity contribution in [3.8, 4) is 0 Å². The van der Waals surface area contributed by atoms with Gasteiger partial charge in [0.2, 0.25) is 0 Å². The lowest BCUT2D eigenvalue weighted by Crippen LogP contribution is -2.02. The first-order chi connectivity index (χ1) is 5.22. The third-order valence-corrected chi connectivity index (χ3v) is 2.52. The summed E-state index contributed by atoms with van der Waals surface area (Å²) in [4.78, 5) is 11.0. The molecule has 1 fully saturated rings. The zero-order valence-corrected chi connectivity index (χ0v) is 7.44. The van der Waals surface area contributed by atoms with Gasteiger partial charge >= 0.3 is 0 Å². The van der Waals surface area contributed by atoms with E-state index in [1.807, 2.05) is 6.92 Å². The Morgan fingerprint density at radius 2 is 1.64 bits per heavy atom. The van der Waals surface area contributed by atoms with Gasteiger partial charge in [-0.2, -0.15) is 0 Å². The van der Waals surface area contributed by atoms with E-state index in [4.69, 9.17) is 0 Å². The SMILES string of the molecule is CC(=O)C(C)=C1CCCCC1. The molecule has 1 aliphatic rings. The molecule has 0 atom stereocenters. The van der Waals surface area contributed by atoms with Crippen LogP contribution in [-0.4, -0.2) is 5.78 Å². The van der Waals surface area contributed by atoms with Crippen LogP contribution in [0, 0.1) is 0 Å². The second-order valence-corrected chi connectivity index (χ2v) is 3.35. The summed E-state index contributed by atoms with van der Waals surface area (Å²) in [6.07, 6.45) is 6.21. The molecule has 1 aliphatic carbocycles. The molecule has 0 aliphatic heterocycles. The Hall–Kier alpha value is -0.590. The summed E-state index contributed by atoms with van der Waals surface area (Å²) in [6, 6.07) is 0. The van der Waals surface area contributed by atoms with Crippen molar-refractivity contribution < 1.29 is 4.79 Å². The average molecular weight is 152 g/mol. The van der Waals surface area contributed by atoms with Crippen LogP contribution < -0.4 is 0 Å². The van der Waals surface area contributed by atoms with Crippen LogP contribution >= 0.6 is 0 Å². The normalized spacial score (nSPS) is 18.2. The summed E-state index contributed by atoms with van der Waals surface area (Å²) in [5.41, 5.74) is 2.42. The predicted molar refractivity (Wildman–Crippen MR) is 46.5 cm³/mol.